The van der Waals surface area contributed by atoms with Gasteiger partial charge in [-0.05, 0) is 12.1 Å². The molecule has 0 aliphatic rings. The van der Waals surface area contributed by atoms with E-state index < -0.39 is 18.3 Å². The zero-order valence-corrected chi connectivity index (χ0v) is 8.03. The third-order valence-electron chi connectivity index (χ3n) is 1.90. The summed E-state index contributed by atoms with van der Waals surface area (Å²) in [5.74, 6) is -1.79. The summed E-state index contributed by atoms with van der Waals surface area (Å²) in [6.45, 7) is -0.493. The monoisotopic (exact) mass is 221 g/mol. The van der Waals surface area contributed by atoms with Crippen LogP contribution in [-0.4, -0.2) is 25.8 Å². The first-order valence-electron chi connectivity index (χ1n) is 4.37. The van der Waals surface area contributed by atoms with Crippen LogP contribution in [0.4, 0.5) is 0 Å². The summed E-state index contributed by atoms with van der Waals surface area (Å²) in [5.41, 5.74) is 0.523. The SMILES string of the molecule is O=C(O)Cn1c(-c2cccnc2)noc1=O. The molecule has 0 unspecified atom stereocenters. The van der Waals surface area contributed by atoms with Crippen LogP contribution in [0.2, 0.25) is 0 Å². The van der Waals surface area contributed by atoms with E-state index in [-0.39, 0.29) is 5.82 Å². The zero-order chi connectivity index (χ0) is 11.5. The lowest BCUT2D eigenvalue weighted by Crippen LogP contribution is -2.20. The number of pyridine rings is 1. The van der Waals surface area contributed by atoms with Crippen molar-refractivity contribution >= 4 is 5.97 Å². The van der Waals surface area contributed by atoms with Crippen LogP contribution < -0.4 is 5.76 Å². The molecule has 2 rings (SSSR count). The first-order chi connectivity index (χ1) is 7.68. The summed E-state index contributed by atoms with van der Waals surface area (Å²) in [5, 5.41) is 12.1. The van der Waals surface area contributed by atoms with E-state index in [2.05, 4.69) is 14.7 Å². The molecule has 2 aromatic rings. The highest BCUT2D eigenvalue weighted by Crippen LogP contribution is 2.13. The molecule has 1 N–H and O–H groups in total. The second-order valence-corrected chi connectivity index (χ2v) is 2.99. The highest BCUT2D eigenvalue weighted by atomic mass is 16.5. The van der Waals surface area contributed by atoms with Gasteiger partial charge in [-0.25, -0.2) is 9.36 Å². The van der Waals surface area contributed by atoms with E-state index in [4.69, 9.17) is 5.11 Å². The molecule has 0 amide bonds. The van der Waals surface area contributed by atoms with Gasteiger partial charge in [0.1, 0.15) is 6.54 Å². The van der Waals surface area contributed by atoms with Crippen molar-refractivity contribution in [2.75, 3.05) is 0 Å². The van der Waals surface area contributed by atoms with Crippen molar-refractivity contribution in [3.05, 3.63) is 35.1 Å². The van der Waals surface area contributed by atoms with Gasteiger partial charge in [-0.2, -0.15) is 0 Å². The van der Waals surface area contributed by atoms with Crippen LogP contribution >= 0.6 is 0 Å². The Morgan fingerprint density at radius 3 is 3.00 bits per heavy atom. The quantitative estimate of drug-likeness (QED) is 0.782. The van der Waals surface area contributed by atoms with Crippen molar-refractivity contribution in [2.24, 2.45) is 0 Å². The fraction of sp³-hybridized carbons (Fsp3) is 0.111. The number of carbonyl (C=O) groups is 1. The summed E-state index contributed by atoms with van der Waals surface area (Å²) >= 11 is 0. The van der Waals surface area contributed by atoms with Crippen molar-refractivity contribution in [2.45, 2.75) is 6.54 Å². The zero-order valence-electron chi connectivity index (χ0n) is 8.03. The molecule has 0 spiro atoms. The smallest absolute Gasteiger partial charge is 0.442 e. The minimum atomic E-state index is -1.14. The second kappa shape index (κ2) is 3.97. The van der Waals surface area contributed by atoms with Crippen LogP contribution in [0, 0.1) is 0 Å². The number of aromatic nitrogens is 3. The number of aliphatic carboxylic acids is 1. The van der Waals surface area contributed by atoms with Gasteiger partial charge < -0.3 is 5.11 Å². The Kier molecular flexibility index (Phi) is 2.50. The van der Waals surface area contributed by atoms with Crippen LogP contribution in [0.3, 0.4) is 0 Å². The Hall–Kier alpha value is -2.44. The molecule has 7 nitrogen and oxygen atoms in total. The Bertz CT molecular complexity index is 558. The molecular formula is C9H7N3O4. The van der Waals surface area contributed by atoms with Gasteiger partial charge in [-0.1, -0.05) is 5.16 Å². The van der Waals surface area contributed by atoms with Crippen LogP contribution in [0.5, 0.6) is 0 Å². The third kappa shape index (κ3) is 1.83. The molecule has 2 heterocycles. The van der Waals surface area contributed by atoms with Crippen molar-refractivity contribution in [1.29, 1.82) is 0 Å². The summed E-state index contributed by atoms with van der Waals surface area (Å²) in [7, 11) is 0. The Morgan fingerprint density at radius 2 is 2.38 bits per heavy atom. The highest BCUT2D eigenvalue weighted by Gasteiger charge is 2.14. The molecule has 7 heteroatoms. The van der Waals surface area contributed by atoms with Gasteiger partial charge in [0, 0.05) is 18.0 Å². The summed E-state index contributed by atoms with van der Waals surface area (Å²) in [6, 6.07) is 3.31. The number of hydrogen-bond acceptors (Lipinski definition) is 5. The molecule has 0 radical (unpaired) electrons. The Labute approximate surface area is 89.0 Å². The maximum absolute atomic E-state index is 11.2. The van der Waals surface area contributed by atoms with E-state index in [9.17, 15) is 9.59 Å². The summed E-state index contributed by atoms with van der Waals surface area (Å²) in [4.78, 5) is 25.6. The largest absolute Gasteiger partial charge is 0.480 e. The van der Waals surface area contributed by atoms with Gasteiger partial charge in [-0.3, -0.25) is 14.3 Å². The average Bonchev–Trinajstić information content (AvgIpc) is 2.61. The van der Waals surface area contributed by atoms with Gasteiger partial charge in [0.05, 0.1) is 0 Å². The molecular weight excluding hydrogens is 214 g/mol. The predicted octanol–water partition coefficient (Wildman–Crippen LogP) is -0.0171. The molecule has 0 saturated carbocycles. The van der Waals surface area contributed by atoms with Crippen molar-refractivity contribution in [3.8, 4) is 11.4 Å². The van der Waals surface area contributed by atoms with E-state index in [1.165, 1.54) is 6.20 Å². The molecule has 0 fully saturated rings. The van der Waals surface area contributed by atoms with E-state index in [1.54, 1.807) is 18.3 Å². The van der Waals surface area contributed by atoms with Gasteiger partial charge >= 0.3 is 11.7 Å². The van der Waals surface area contributed by atoms with Crippen molar-refractivity contribution in [3.63, 3.8) is 0 Å². The van der Waals surface area contributed by atoms with Crippen LogP contribution in [-0.2, 0) is 11.3 Å². The Morgan fingerprint density at radius 1 is 1.56 bits per heavy atom. The van der Waals surface area contributed by atoms with E-state index >= 15 is 0 Å². The average molecular weight is 221 g/mol. The maximum Gasteiger partial charge on any atom is 0.442 e. The molecule has 16 heavy (non-hydrogen) atoms. The Balaban J connectivity index is 2.50. The predicted molar refractivity (Wildman–Crippen MR) is 51.6 cm³/mol. The van der Waals surface area contributed by atoms with Crippen LogP contribution in [0.15, 0.2) is 33.8 Å². The van der Waals surface area contributed by atoms with Crippen molar-refractivity contribution < 1.29 is 14.4 Å². The minimum absolute atomic E-state index is 0.153. The molecule has 0 bridgehead atoms. The summed E-state index contributed by atoms with van der Waals surface area (Å²) < 4.78 is 5.35. The summed E-state index contributed by atoms with van der Waals surface area (Å²) in [6.07, 6.45) is 3.03. The van der Waals surface area contributed by atoms with Gasteiger partial charge in [0.15, 0.2) is 5.82 Å². The van der Waals surface area contributed by atoms with E-state index in [0.717, 1.165) is 4.57 Å². The number of rotatable bonds is 3. The standard InChI is InChI=1S/C9H7N3O4/c13-7(14)5-12-8(11-16-9(12)15)6-2-1-3-10-4-6/h1-4H,5H2,(H,13,14). The molecule has 0 aliphatic heterocycles. The molecule has 2 aromatic heterocycles. The molecule has 0 atom stereocenters. The fourth-order valence-corrected chi connectivity index (χ4v) is 1.25. The first kappa shape index (κ1) is 10.1. The molecule has 82 valence electrons. The number of carboxylic acids is 1. The van der Waals surface area contributed by atoms with E-state index in [1.807, 2.05) is 0 Å². The lowest BCUT2D eigenvalue weighted by atomic mass is 10.3. The second-order valence-electron chi connectivity index (χ2n) is 2.99. The number of nitrogens with zero attached hydrogens (tertiary/aromatic N) is 3. The van der Waals surface area contributed by atoms with Gasteiger partial charge in [0.25, 0.3) is 0 Å². The van der Waals surface area contributed by atoms with Crippen LogP contribution in [0.1, 0.15) is 0 Å². The third-order valence-corrected chi connectivity index (χ3v) is 1.90. The maximum atomic E-state index is 11.2. The number of carboxylic acid groups (broad SMARTS) is 1. The van der Waals surface area contributed by atoms with Crippen LogP contribution in [0.25, 0.3) is 11.4 Å². The molecule has 0 aromatic carbocycles. The lowest BCUT2D eigenvalue weighted by molar-refractivity contribution is -0.137. The normalized spacial score (nSPS) is 10.2. The molecule has 0 saturated heterocycles. The fourth-order valence-electron chi connectivity index (χ4n) is 1.25. The molecule has 0 aliphatic carbocycles. The topological polar surface area (TPSA) is 98.2 Å². The van der Waals surface area contributed by atoms with Gasteiger partial charge in [-0.15, -0.1) is 0 Å². The van der Waals surface area contributed by atoms with Crippen molar-refractivity contribution in [1.82, 2.24) is 14.7 Å². The minimum Gasteiger partial charge on any atom is -0.480 e. The van der Waals surface area contributed by atoms with Gasteiger partial charge in [0.2, 0.25) is 0 Å². The first-order valence-corrected chi connectivity index (χ1v) is 4.37. The highest BCUT2D eigenvalue weighted by molar-refractivity contribution is 5.67. The lowest BCUT2D eigenvalue weighted by Gasteiger charge is -1.99. The number of hydrogen-bond donors (Lipinski definition) is 1. The van der Waals surface area contributed by atoms with E-state index in [0.29, 0.717) is 5.56 Å².